The van der Waals surface area contributed by atoms with Crippen molar-refractivity contribution in [3.8, 4) is 0 Å². The zero-order valence-electron chi connectivity index (χ0n) is 17.5. The highest BCUT2D eigenvalue weighted by atomic mass is 16.5. The van der Waals surface area contributed by atoms with E-state index in [-0.39, 0.29) is 12.0 Å². The van der Waals surface area contributed by atoms with Crippen molar-refractivity contribution in [2.75, 3.05) is 39.8 Å². The predicted octanol–water partition coefficient (Wildman–Crippen LogP) is 1.33. The number of aromatic nitrogens is 2. The third kappa shape index (κ3) is 4.99. The van der Waals surface area contributed by atoms with Crippen LogP contribution in [0, 0.1) is 0 Å². The number of nitrogens with one attached hydrogen (secondary N) is 1. The van der Waals surface area contributed by atoms with E-state index in [1.165, 1.54) is 11.1 Å². The number of guanidine groups is 1. The minimum atomic E-state index is -0.231. The summed E-state index contributed by atoms with van der Waals surface area (Å²) >= 11 is 0. The molecular weight excluding hydrogens is 380 g/mol. The van der Waals surface area contributed by atoms with E-state index in [2.05, 4.69) is 49.0 Å². The van der Waals surface area contributed by atoms with E-state index in [1.807, 2.05) is 17.4 Å². The van der Waals surface area contributed by atoms with Crippen LogP contribution in [0.5, 0.6) is 0 Å². The molecule has 0 bridgehead atoms. The molecule has 4 rings (SSSR count). The Bertz CT molecular complexity index is 835. The van der Waals surface area contributed by atoms with Crippen LogP contribution in [0.15, 0.2) is 48.0 Å². The van der Waals surface area contributed by atoms with Crippen LogP contribution in [0.3, 0.4) is 0 Å². The summed E-state index contributed by atoms with van der Waals surface area (Å²) in [6, 6.07) is 8.58. The fourth-order valence-electron chi connectivity index (χ4n) is 3.98. The molecule has 2 fully saturated rings. The highest BCUT2D eigenvalue weighted by Crippen LogP contribution is 2.16. The Morgan fingerprint density at radius 3 is 2.53 bits per heavy atom. The molecule has 1 atom stereocenters. The van der Waals surface area contributed by atoms with Gasteiger partial charge in [0.1, 0.15) is 6.10 Å². The monoisotopic (exact) mass is 410 g/mol. The number of aliphatic imine (C=N–C) groups is 1. The van der Waals surface area contributed by atoms with Crippen molar-refractivity contribution < 1.29 is 9.53 Å². The Kier molecular flexibility index (Phi) is 6.63. The maximum atomic E-state index is 12.5. The molecule has 1 unspecified atom stereocenters. The lowest BCUT2D eigenvalue weighted by atomic mass is 10.1. The molecular formula is C22H30N6O2. The molecule has 2 aliphatic rings. The zero-order valence-corrected chi connectivity index (χ0v) is 17.5. The van der Waals surface area contributed by atoms with Crippen LogP contribution in [0.2, 0.25) is 0 Å². The quantitative estimate of drug-likeness (QED) is 0.595. The van der Waals surface area contributed by atoms with Crippen LogP contribution in [0.1, 0.15) is 24.0 Å². The van der Waals surface area contributed by atoms with Gasteiger partial charge in [-0.1, -0.05) is 24.3 Å². The molecule has 8 heteroatoms. The summed E-state index contributed by atoms with van der Waals surface area (Å²) < 4.78 is 7.60. The number of amides is 1. The summed E-state index contributed by atoms with van der Waals surface area (Å²) in [7, 11) is 1.81. The summed E-state index contributed by atoms with van der Waals surface area (Å²) in [4.78, 5) is 25.2. The minimum Gasteiger partial charge on any atom is -0.368 e. The third-order valence-corrected chi connectivity index (χ3v) is 5.71. The van der Waals surface area contributed by atoms with Crippen LogP contribution in [0.25, 0.3) is 0 Å². The van der Waals surface area contributed by atoms with Crippen molar-refractivity contribution in [3.05, 3.63) is 54.1 Å². The maximum absolute atomic E-state index is 12.5. The Labute approximate surface area is 177 Å². The van der Waals surface area contributed by atoms with Gasteiger partial charge in [0.05, 0.1) is 6.33 Å². The molecule has 1 amide bonds. The van der Waals surface area contributed by atoms with Gasteiger partial charge in [-0.3, -0.25) is 9.79 Å². The van der Waals surface area contributed by atoms with E-state index < -0.39 is 0 Å². The van der Waals surface area contributed by atoms with Gasteiger partial charge in [0.2, 0.25) is 0 Å². The molecule has 30 heavy (non-hydrogen) atoms. The lowest BCUT2D eigenvalue weighted by Crippen LogP contribution is -2.55. The largest absolute Gasteiger partial charge is 0.368 e. The molecule has 2 aromatic rings. The van der Waals surface area contributed by atoms with Crippen molar-refractivity contribution in [1.29, 1.82) is 0 Å². The fourth-order valence-corrected chi connectivity index (χ4v) is 3.98. The molecule has 160 valence electrons. The zero-order chi connectivity index (χ0) is 20.8. The Hall–Kier alpha value is -2.87. The van der Waals surface area contributed by atoms with Crippen LogP contribution in [-0.4, -0.2) is 77.2 Å². The molecule has 0 aliphatic carbocycles. The summed E-state index contributed by atoms with van der Waals surface area (Å²) in [6.07, 6.45) is 7.19. The number of carbonyl (C=O) groups excluding carboxylic acids is 1. The average Bonchev–Trinajstić information content (AvgIpc) is 3.50. The van der Waals surface area contributed by atoms with Crippen LogP contribution >= 0.6 is 0 Å². The Balaban J connectivity index is 1.24. The minimum absolute atomic E-state index is 0.144. The molecule has 1 aromatic heterocycles. The average molecular weight is 411 g/mol. The molecule has 0 radical (unpaired) electrons. The SMILES string of the molecule is CN=C(NCc1ccc(Cn2ccnc2)cc1)N1CCN(C(=O)C2CCCO2)CC1. The van der Waals surface area contributed by atoms with E-state index in [4.69, 9.17) is 4.74 Å². The molecule has 1 aromatic carbocycles. The van der Waals surface area contributed by atoms with E-state index in [1.54, 1.807) is 13.2 Å². The number of rotatable bonds is 5. The normalized spacial score (nSPS) is 19.9. The third-order valence-electron chi connectivity index (χ3n) is 5.71. The smallest absolute Gasteiger partial charge is 0.251 e. The number of benzene rings is 1. The number of ether oxygens (including phenoxy) is 1. The maximum Gasteiger partial charge on any atom is 0.251 e. The van der Waals surface area contributed by atoms with Gasteiger partial charge in [0, 0.05) is 65.3 Å². The summed E-state index contributed by atoms with van der Waals surface area (Å²) in [5.74, 6) is 1.02. The number of hydrogen-bond acceptors (Lipinski definition) is 4. The second-order valence-electron chi connectivity index (χ2n) is 7.77. The van der Waals surface area contributed by atoms with Crippen molar-refractivity contribution in [1.82, 2.24) is 24.7 Å². The van der Waals surface area contributed by atoms with Crippen molar-refractivity contribution >= 4 is 11.9 Å². The molecule has 1 N–H and O–H groups in total. The number of nitrogens with zero attached hydrogens (tertiary/aromatic N) is 5. The number of piperazine rings is 1. The van der Waals surface area contributed by atoms with Crippen LogP contribution < -0.4 is 5.32 Å². The van der Waals surface area contributed by atoms with Gasteiger partial charge in [-0.15, -0.1) is 0 Å². The second kappa shape index (κ2) is 9.75. The fraction of sp³-hybridized carbons (Fsp3) is 0.500. The van der Waals surface area contributed by atoms with Gasteiger partial charge >= 0.3 is 0 Å². The molecule has 2 saturated heterocycles. The predicted molar refractivity (Wildman–Crippen MR) is 115 cm³/mol. The molecule has 3 heterocycles. The molecule has 8 nitrogen and oxygen atoms in total. The first-order valence-electron chi connectivity index (χ1n) is 10.6. The molecule has 0 saturated carbocycles. The summed E-state index contributed by atoms with van der Waals surface area (Å²) in [5, 5.41) is 3.45. The Morgan fingerprint density at radius 1 is 1.17 bits per heavy atom. The van der Waals surface area contributed by atoms with E-state index in [0.717, 1.165) is 38.4 Å². The molecule has 0 spiro atoms. The summed E-state index contributed by atoms with van der Waals surface area (Å²) in [6.45, 7) is 5.23. The lowest BCUT2D eigenvalue weighted by Gasteiger charge is -2.37. The van der Waals surface area contributed by atoms with Gasteiger partial charge in [-0.05, 0) is 24.0 Å². The second-order valence-corrected chi connectivity index (χ2v) is 7.77. The van der Waals surface area contributed by atoms with Crippen LogP contribution in [0.4, 0.5) is 0 Å². The van der Waals surface area contributed by atoms with Crippen LogP contribution in [-0.2, 0) is 22.6 Å². The van der Waals surface area contributed by atoms with Crippen molar-refractivity contribution in [2.45, 2.75) is 32.0 Å². The van der Waals surface area contributed by atoms with Crippen molar-refractivity contribution in [3.63, 3.8) is 0 Å². The number of imidazole rings is 1. The van der Waals surface area contributed by atoms with Gasteiger partial charge < -0.3 is 24.4 Å². The lowest BCUT2D eigenvalue weighted by molar-refractivity contribution is -0.142. The van der Waals surface area contributed by atoms with E-state index in [0.29, 0.717) is 26.2 Å². The first-order chi connectivity index (χ1) is 14.7. The topological polar surface area (TPSA) is 75.0 Å². The number of hydrogen-bond donors (Lipinski definition) is 1. The first kappa shape index (κ1) is 20.4. The van der Waals surface area contributed by atoms with E-state index in [9.17, 15) is 4.79 Å². The summed E-state index contributed by atoms with van der Waals surface area (Å²) in [5.41, 5.74) is 2.45. The highest BCUT2D eigenvalue weighted by molar-refractivity contribution is 5.82. The van der Waals surface area contributed by atoms with Gasteiger partial charge in [-0.2, -0.15) is 0 Å². The van der Waals surface area contributed by atoms with E-state index >= 15 is 0 Å². The van der Waals surface area contributed by atoms with Crippen molar-refractivity contribution in [2.24, 2.45) is 4.99 Å². The van der Waals surface area contributed by atoms with Gasteiger partial charge in [-0.25, -0.2) is 4.98 Å². The highest BCUT2D eigenvalue weighted by Gasteiger charge is 2.30. The number of carbonyl (C=O) groups is 1. The van der Waals surface area contributed by atoms with Gasteiger partial charge in [0.15, 0.2) is 5.96 Å². The Morgan fingerprint density at radius 2 is 1.90 bits per heavy atom. The van der Waals surface area contributed by atoms with Gasteiger partial charge in [0.25, 0.3) is 5.91 Å². The first-order valence-corrected chi connectivity index (χ1v) is 10.6. The molecule has 2 aliphatic heterocycles. The standard InChI is InChI=1S/C22H30N6O2/c1-23-22(28-12-10-27(11-13-28)21(29)20-3-2-14-30-20)25-15-18-4-6-19(7-5-18)16-26-9-8-24-17-26/h4-9,17,20H,2-3,10-16H2,1H3,(H,23,25).